The van der Waals surface area contributed by atoms with Crippen LogP contribution in [0.3, 0.4) is 0 Å². The topological polar surface area (TPSA) is 35.5 Å². The lowest BCUT2D eigenvalue weighted by atomic mass is 9.95. The maximum atomic E-state index is 11.6. The van der Waals surface area contributed by atoms with Crippen molar-refractivity contribution >= 4 is 25.9 Å². The Morgan fingerprint density at radius 2 is 1.20 bits per heavy atom. The predicted molar refractivity (Wildman–Crippen MR) is 172 cm³/mol. The maximum Gasteiger partial charge on any atom is 0.196 e. The molecule has 0 atom stereocenters. The summed E-state index contributed by atoms with van der Waals surface area (Å²) in [5, 5.41) is 0.646. The molecule has 0 N–H and O–H groups in total. The van der Waals surface area contributed by atoms with Gasteiger partial charge in [0.05, 0.1) is 18.5 Å². The molecule has 3 rings (SSSR count). The third-order valence-corrected chi connectivity index (χ3v) is 7.76. The summed E-state index contributed by atoms with van der Waals surface area (Å²) in [6.45, 7) is 18.5. The SMILES string of the molecule is Cc1cc(C)c(C=CC(C=Cc2c(C)cc(C)cc2C)CCOc2ccc(P=O)c(OCCC(C)C)c2)c(C)c1. The van der Waals surface area contributed by atoms with Crippen LogP contribution in [0, 0.1) is 53.4 Å². The first-order valence-electron chi connectivity index (χ1n) is 14.3. The molecule has 0 aromatic heterocycles. The lowest BCUT2D eigenvalue weighted by Gasteiger charge is -2.14. The first-order valence-corrected chi connectivity index (χ1v) is 15.1. The summed E-state index contributed by atoms with van der Waals surface area (Å²) in [6, 6.07) is 14.5. The van der Waals surface area contributed by atoms with Gasteiger partial charge in [0.25, 0.3) is 0 Å². The van der Waals surface area contributed by atoms with Crippen molar-refractivity contribution in [3.63, 3.8) is 0 Å². The Hall–Kier alpha value is -3.16. The van der Waals surface area contributed by atoms with Crippen LogP contribution in [0.5, 0.6) is 11.5 Å². The van der Waals surface area contributed by atoms with Gasteiger partial charge in [-0.3, -0.25) is 4.57 Å². The molecule has 3 nitrogen and oxygen atoms in total. The molecular formula is C36H45O3P. The Kier molecular flexibility index (Phi) is 11.8. The third-order valence-electron chi connectivity index (χ3n) is 7.20. The molecule has 0 fully saturated rings. The van der Waals surface area contributed by atoms with Crippen molar-refractivity contribution in [1.29, 1.82) is 0 Å². The van der Waals surface area contributed by atoms with E-state index in [0.29, 0.717) is 30.2 Å². The second kappa shape index (κ2) is 15.0. The van der Waals surface area contributed by atoms with Gasteiger partial charge in [-0.15, -0.1) is 0 Å². The molecule has 0 saturated heterocycles. The fourth-order valence-electron chi connectivity index (χ4n) is 5.10. The fourth-order valence-corrected chi connectivity index (χ4v) is 5.45. The highest BCUT2D eigenvalue weighted by Crippen LogP contribution is 2.25. The molecule has 0 spiro atoms. The van der Waals surface area contributed by atoms with Crippen molar-refractivity contribution in [2.75, 3.05) is 13.2 Å². The van der Waals surface area contributed by atoms with Crippen molar-refractivity contribution in [3.8, 4) is 11.5 Å². The normalized spacial score (nSPS) is 12.6. The first-order chi connectivity index (χ1) is 19.1. The highest BCUT2D eigenvalue weighted by Gasteiger charge is 2.10. The van der Waals surface area contributed by atoms with Gasteiger partial charge in [0, 0.05) is 6.07 Å². The van der Waals surface area contributed by atoms with Crippen LogP contribution in [-0.2, 0) is 4.57 Å². The zero-order valence-corrected chi connectivity index (χ0v) is 26.4. The molecule has 0 saturated carbocycles. The van der Waals surface area contributed by atoms with E-state index in [0.717, 1.165) is 18.6 Å². The summed E-state index contributed by atoms with van der Waals surface area (Å²) in [5.41, 5.74) is 10.3. The summed E-state index contributed by atoms with van der Waals surface area (Å²) >= 11 is 0. The zero-order valence-electron chi connectivity index (χ0n) is 25.5. The molecule has 40 heavy (non-hydrogen) atoms. The van der Waals surface area contributed by atoms with E-state index in [2.05, 4.69) is 104 Å². The minimum atomic E-state index is -0.0480. The van der Waals surface area contributed by atoms with Gasteiger partial charge in [-0.1, -0.05) is 73.5 Å². The molecule has 3 aromatic rings. The second-order valence-electron chi connectivity index (χ2n) is 11.4. The number of hydrogen-bond acceptors (Lipinski definition) is 3. The highest BCUT2D eigenvalue weighted by atomic mass is 31.1. The van der Waals surface area contributed by atoms with Gasteiger partial charge in [0.15, 0.2) is 8.46 Å². The van der Waals surface area contributed by atoms with E-state index in [1.54, 1.807) is 0 Å². The average molecular weight is 557 g/mol. The molecule has 4 heteroatoms. The van der Waals surface area contributed by atoms with E-state index in [1.165, 1.54) is 44.5 Å². The summed E-state index contributed by atoms with van der Waals surface area (Å²) in [7, 11) is -0.0480. The molecule has 0 unspecified atom stereocenters. The molecule has 0 radical (unpaired) electrons. The molecule has 0 bridgehead atoms. The van der Waals surface area contributed by atoms with Crippen LogP contribution in [0.25, 0.3) is 12.2 Å². The lowest BCUT2D eigenvalue weighted by Crippen LogP contribution is -2.08. The number of allylic oxidation sites excluding steroid dienone is 2. The van der Waals surface area contributed by atoms with Crippen LogP contribution in [0.4, 0.5) is 0 Å². The number of benzene rings is 3. The Bertz CT molecular complexity index is 1250. The molecular weight excluding hydrogens is 511 g/mol. The predicted octanol–water partition coefficient (Wildman–Crippen LogP) is 9.69. The van der Waals surface area contributed by atoms with Crippen molar-refractivity contribution in [3.05, 3.63) is 99.1 Å². The van der Waals surface area contributed by atoms with Gasteiger partial charge in [0.1, 0.15) is 11.5 Å². The van der Waals surface area contributed by atoms with Gasteiger partial charge in [0.2, 0.25) is 0 Å². The molecule has 0 amide bonds. The Balaban J connectivity index is 1.79. The quantitative estimate of drug-likeness (QED) is 0.197. The molecule has 0 aliphatic carbocycles. The minimum Gasteiger partial charge on any atom is -0.493 e. The van der Waals surface area contributed by atoms with E-state index in [4.69, 9.17) is 9.47 Å². The minimum absolute atomic E-state index is 0.0480. The van der Waals surface area contributed by atoms with Crippen molar-refractivity contribution in [2.24, 2.45) is 11.8 Å². The summed E-state index contributed by atoms with van der Waals surface area (Å²) < 4.78 is 23.7. The van der Waals surface area contributed by atoms with Gasteiger partial charge in [-0.2, -0.15) is 0 Å². The summed E-state index contributed by atoms with van der Waals surface area (Å²) in [6.07, 6.45) is 10.9. The second-order valence-corrected chi connectivity index (χ2v) is 12.1. The van der Waals surface area contributed by atoms with E-state index in [9.17, 15) is 4.57 Å². The van der Waals surface area contributed by atoms with Crippen LogP contribution < -0.4 is 14.8 Å². The van der Waals surface area contributed by atoms with Gasteiger partial charge < -0.3 is 9.47 Å². The van der Waals surface area contributed by atoms with E-state index < -0.39 is 0 Å². The van der Waals surface area contributed by atoms with E-state index in [1.807, 2.05) is 18.2 Å². The number of hydrogen-bond donors (Lipinski definition) is 0. The van der Waals surface area contributed by atoms with Gasteiger partial charge >= 0.3 is 0 Å². The Morgan fingerprint density at radius 1 is 0.700 bits per heavy atom. The lowest BCUT2D eigenvalue weighted by molar-refractivity contribution is 0.282. The van der Waals surface area contributed by atoms with E-state index in [-0.39, 0.29) is 14.4 Å². The molecule has 0 aliphatic heterocycles. The monoisotopic (exact) mass is 556 g/mol. The zero-order chi connectivity index (χ0) is 29.2. The molecule has 0 heterocycles. The standard InChI is InChI=1S/C36H45O3P/c1-24(2)15-17-39-35-23-32(11-14-36(35)40-37)38-18-16-31(9-12-33-27(5)19-25(3)20-28(33)6)10-13-34-29(7)21-26(4)22-30(34)8/h9-14,19-24,31H,15-18H2,1-8H3. The largest absolute Gasteiger partial charge is 0.493 e. The van der Waals surface area contributed by atoms with Crippen LogP contribution in [0.15, 0.2) is 54.6 Å². The van der Waals surface area contributed by atoms with Crippen LogP contribution >= 0.6 is 8.46 Å². The highest BCUT2D eigenvalue weighted by molar-refractivity contribution is 7.34. The van der Waals surface area contributed by atoms with Crippen LogP contribution in [0.2, 0.25) is 0 Å². The Labute approximate surface area is 243 Å². The molecule has 3 aromatic carbocycles. The number of ether oxygens (including phenoxy) is 2. The fraction of sp³-hybridized carbons (Fsp3) is 0.389. The number of aryl methyl sites for hydroxylation is 6. The van der Waals surface area contributed by atoms with Crippen molar-refractivity contribution < 1.29 is 14.0 Å². The van der Waals surface area contributed by atoms with Crippen molar-refractivity contribution in [1.82, 2.24) is 0 Å². The maximum absolute atomic E-state index is 11.6. The smallest absolute Gasteiger partial charge is 0.196 e. The van der Waals surface area contributed by atoms with Crippen LogP contribution in [-0.4, -0.2) is 13.2 Å². The van der Waals surface area contributed by atoms with Crippen LogP contribution in [0.1, 0.15) is 71.2 Å². The number of rotatable bonds is 13. The van der Waals surface area contributed by atoms with E-state index >= 15 is 0 Å². The first kappa shape index (κ1) is 31.4. The van der Waals surface area contributed by atoms with Crippen molar-refractivity contribution in [2.45, 2.75) is 68.2 Å². The third kappa shape index (κ3) is 9.20. The summed E-state index contributed by atoms with van der Waals surface area (Å²) in [4.78, 5) is 0. The summed E-state index contributed by atoms with van der Waals surface area (Å²) in [5.74, 6) is 2.10. The molecule has 212 valence electrons. The van der Waals surface area contributed by atoms with Gasteiger partial charge in [-0.05, 0) is 112 Å². The average Bonchev–Trinajstić information content (AvgIpc) is 2.87. The van der Waals surface area contributed by atoms with Gasteiger partial charge in [-0.25, -0.2) is 0 Å². The molecule has 0 aliphatic rings. The Morgan fingerprint density at radius 3 is 1.68 bits per heavy atom.